The fourth-order valence-corrected chi connectivity index (χ4v) is 3.48. The summed E-state index contributed by atoms with van der Waals surface area (Å²) in [5, 5.41) is 14.6. The van der Waals surface area contributed by atoms with Crippen molar-refractivity contribution in [1.82, 2.24) is 30.2 Å². The predicted octanol–water partition coefficient (Wildman–Crippen LogP) is 1.77. The molecule has 2 N–H and O–H groups in total. The van der Waals surface area contributed by atoms with Gasteiger partial charge < -0.3 is 10.6 Å². The van der Waals surface area contributed by atoms with Crippen LogP contribution in [0.15, 0.2) is 42.6 Å². The molecule has 29 heavy (non-hydrogen) atoms. The minimum atomic E-state index is -0.197. The Balaban J connectivity index is 1.29. The molecule has 8 heteroatoms. The molecule has 3 aromatic rings. The molecular formula is C21H24N6O2. The first-order valence-electron chi connectivity index (χ1n) is 9.64. The summed E-state index contributed by atoms with van der Waals surface area (Å²) in [4.78, 5) is 24.9. The minimum Gasteiger partial charge on any atom is -0.352 e. The van der Waals surface area contributed by atoms with Crippen molar-refractivity contribution in [1.29, 1.82) is 0 Å². The molecule has 2 amide bonds. The molecule has 0 spiro atoms. The maximum atomic E-state index is 12.5. The highest BCUT2D eigenvalue weighted by Crippen LogP contribution is 2.30. The van der Waals surface area contributed by atoms with Gasteiger partial charge in [-0.05, 0) is 44.4 Å². The molecule has 2 aromatic heterocycles. The molecule has 0 bridgehead atoms. The molecule has 2 atom stereocenters. The molecule has 150 valence electrons. The number of hydrogen-bond acceptors (Lipinski definition) is 4. The molecular weight excluding hydrogens is 368 g/mol. The zero-order chi connectivity index (χ0) is 20.5. The Hall–Kier alpha value is -3.42. The van der Waals surface area contributed by atoms with Crippen molar-refractivity contribution in [3.63, 3.8) is 0 Å². The molecule has 1 aliphatic carbocycles. The molecule has 4 rings (SSSR count). The van der Waals surface area contributed by atoms with E-state index in [2.05, 4.69) is 20.8 Å². The van der Waals surface area contributed by atoms with Gasteiger partial charge in [0.05, 0.1) is 16.9 Å². The Labute approximate surface area is 168 Å². The maximum Gasteiger partial charge on any atom is 0.272 e. The van der Waals surface area contributed by atoms with Crippen molar-refractivity contribution < 1.29 is 9.59 Å². The van der Waals surface area contributed by atoms with Crippen molar-refractivity contribution in [3.8, 4) is 5.69 Å². The van der Waals surface area contributed by atoms with Gasteiger partial charge in [0.25, 0.3) is 11.8 Å². The highest BCUT2D eigenvalue weighted by atomic mass is 16.2. The van der Waals surface area contributed by atoms with E-state index in [0.29, 0.717) is 17.8 Å². The summed E-state index contributed by atoms with van der Waals surface area (Å²) >= 11 is 0. The first-order chi connectivity index (χ1) is 13.9. The fourth-order valence-electron chi connectivity index (χ4n) is 3.48. The lowest BCUT2D eigenvalue weighted by atomic mass is 10.2. The molecule has 2 heterocycles. The normalized spacial score (nSPS) is 17.8. The van der Waals surface area contributed by atoms with Crippen LogP contribution in [0.4, 0.5) is 0 Å². The van der Waals surface area contributed by atoms with Crippen molar-refractivity contribution in [2.45, 2.75) is 26.3 Å². The standard InChI is InChI=1S/C21H24N6O2/c1-13-19(14(2)26(3)24-13)21(29)22-12-15-11-18(15)23-20(28)17-9-10-27(25-17)16-7-5-4-6-8-16/h4-10,15,18H,11-12H2,1-3H3,(H,22,29)(H,23,28)/t15-,18-/m0/s1. The number of nitrogens with one attached hydrogen (secondary N) is 2. The first-order valence-corrected chi connectivity index (χ1v) is 9.64. The number of aromatic nitrogens is 4. The van der Waals surface area contributed by atoms with Crippen LogP contribution < -0.4 is 10.6 Å². The van der Waals surface area contributed by atoms with Crippen LogP contribution in [-0.2, 0) is 7.05 Å². The maximum absolute atomic E-state index is 12.5. The van der Waals surface area contributed by atoms with E-state index in [1.807, 2.05) is 51.2 Å². The molecule has 8 nitrogen and oxygen atoms in total. The monoisotopic (exact) mass is 392 g/mol. The summed E-state index contributed by atoms with van der Waals surface area (Å²) in [5.41, 5.74) is 3.47. The van der Waals surface area contributed by atoms with Gasteiger partial charge in [-0.3, -0.25) is 14.3 Å². The summed E-state index contributed by atoms with van der Waals surface area (Å²) < 4.78 is 3.39. The van der Waals surface area contributed by atoms with Crippen LogP contribution in [0.1, 0.15) is 38.7 Å². The number of carbonyl (C=O) groups is 2. The highest BCUT2D eigenvalue weighted by molar-refractivity contribution is 5.96. The zero-order valence-electron chi connectivity index (χ0n) is 16.7. The van der Waals surface area contributed by atoms with E-state index in [1.165, 1.54) is 0 Å². The summed E-state index contributed by atoms with van der Waals surface area (Å²) in [7, 11) is 1.82. The fraction of sp³-hybridized carbons (Fsp3) is 0.333. The molecule has 0 aliphatic heterocycles. The average Bonchev–Trinajstić information content (AvgIpc) is 3.14. The van der Waals surface area contributed by atoms with E-state index in [-0.39, 0.29) is 23.8 Å². The van der Waals surface area contributed by atoms with Gasteiger partial charge in [-0.1, -0.05) is 18.2 Å². The van der Waals surface area contributed by atoms with Gasteiger partial charge in [-0.15, -0.1) is 0 Å². The second kappa shape index (κ2) is 7.54. The lowest BCUT2D eigenvalue weighted by Crippen LogP contribution is -2.31. The van der Waals surface area contributed by atoms with Crippen LogP contribution in [0, 0.1) is 19.8 Å². The molecule has 1 fully saturated rings. The van der Waals surface area contributed by atoms with Crippen LogP contribution >= 0.6 is 0 Å². The largest absolute Gasteiger partial charge is 0.352 e. The summed E-state index contributed by atoms with van der Waals surface area (Å²) in [6.45, 7) is 4.23. The Kier molecular flexibility index (Phi) is 4.92. The SMILES string of the molecule is Cc1nn(C)c(C)c1C(=O)NC[C@@H]1C[C@@H]1NC(=O)c1ccn(-c2ccccc2)n1. The van der Waals surface area contributed by atoms with Gasteiger partial charge in [-0.2, -0.15) is 10.2 Å². The van der Waals surface area contributed by atoms with Crippen molar-refractivity contribution >= 4 is 11.8 Å². The van der Waals surface area contributed by atoms with Crippen LogP contribution in [0.5, 0.6) is 0 Å². The van der Waals surface area contributed by atoms with Gasteiger partial charge in [-0.25, -0.2) is 4.68 Å². The second-order valence-corrected chi connectivity index (χ2v) is 7.44. The van der Waals surface area contributed by atoms with E-state index in [9.17, 15) is 9.59 Å². The Bertz CT molecular complexity index is 1050. The number of aryl methyl sites for hydroxylation is 2. The number of hydrogen-bond donors (Lipinski definition) is 2. The molecule has 0 radical (unpaired) electrons. The third-order valence-electron chi connectivity index (χ3n) is 5.34. The van der Waals surface area contributed by atoms with E-state index >= 15 is 0 Å². The van der Waals surface area contributed by atoms with Crippen molar-refractivity contribution in [2.75, 3.05) is 6.54 Å². The number of amides is 2. The van der Waals surface area contributed by atoms with Gasteiger partial charge >= 0.3 is 0 Å². The van der Waals surface area contributed by atoms with Gasteiger partial charge in [0.1, 0.15) is 0 Å². The first kappa shape index (κ1) is 18.9. The lowest BCUT2D eigenvalue weighted by Gasteiger charge is -2.06. The molecule has 0 saturated heterocycles. The van der Waals surface area contributed by atoms with E-state index in [0.717, 1.165) is 23.5 Å². The van der Waals surface area contributed by atoms with E-state index < -0.39 is 0 Å². The van der Waals surface area contributed by atoms with E-state index in [4.69, 9.17) is 0 Å². The van der Waals surface area contributed by atoms with Gasteiger partial charge in [0, 0.05) is 31.5 Å². The Morgan fingerprint density at radius 1 is 1.10 bits per heavy atom. The molecule has 0 unspecified atom stereocenters. The van der Waals surface area contributed by atoms with E-state index in [1.54, 1.807) is 21.6 Å². The Morgan fingerprint density at radius 2 is 1.86 bits per heavy atom. The predicted molar refractivity (Wildman–Crippen MR) is 108 cm³/mol. The zero-order valence-corrected chi connectivity index (χ0v) is 16.7. The summed E-state index contributed by atoms with van der Waals surface area (Å²) in [5.74, 6) is -0.0828. The van der Waals surface area contributed by atoms with Crippen molar-refractivity contribution in [2.24, 2.45) is 13.0 Å². The lowest BCUT2D eigenvalue weighted by molar-refractivity contribution is 0.0943. The molecule has 1 aromatic carbocycles. The molecule has 1 aliphatic rings. The smallest absolute Gasteiger partial charge is 0.272 e. The number of carbonyl (C=O) groups excluding carboxylic acids is 2. The number of para-hydroxylation sites is 1. The summed E-state index contributed by atoms with van der Waals surface area (Å²) in [6.07, 6.45) is 2.61. The van der Waals surface area contributed by atoms with Gasteiger partial charge in [0.2, 0.25) is 0 Å². The Morgan fingerprint density at radius 3 is 2.55 bits per heavy atom. The van der Waals surface area contributed by atoms with Crippen LogP contribution in [0.2, 0.25) is 0 Å². The number of nitrogens with zero attached hydrogens (tertiary/aromatic N) is 4. The molecule has 1 saturated carbocycles. The quantitative estimate of drug-likeness (QED) is 0.669. The van der Waals surface area contributed by atoms with Gasteiger partial charge in [0.15, 0.2) is 5.69 Å². The van der Waals surface area contributed by atoms with Crippen LogP contribution in [0.25, 0.3) is 5.69 Å². The third kappa shape index (κ3) is 3.91. The number of rotatable bonds is 6. The third-order valence-corrected chi connectivity index (χ3v) is 5.34. The highest BCUT2D eigenvalue weighted by Gasteiger charge is 2.39. The summed E-state index contributed by atoms with van der Waals surface area (Å²) in [6, 6.07) is 11.4. The van der Waals surface area contributed by atoms with Crippen LogP contribution in [0.3, 0.4) is 0 Å². The topological polar surface area (TPSA) is 93.8 Å². The van der Waals surface area contributed by atoms with Crippen LogP contribution in [-0.4, -0.2) is 44.0 Å². The number of benzene rings is 1. The second-order valence-electron chi connectivity index (χ2n) is 7.44. The average molecular weight is 392 g/mol. The minimum absolute atomic E-state index is 0.0563. The van der Waals surface area contributed by atoms with Crippen molar-refractivity contribution in [3.05, 3.63) is 65.2 Å².